The van der Waals surface area contributed by atoms with Gasteiger partial charge in [-0.25, -0.2) is 0 Å². The maximum Gasteiger partial charge on any atom is 0.296 e. The van der Waals surface area contributed by atoms with Crippen LogP contribution in [0.15, 0.2) is 18.2 Å². The second kappa shape index (κ2) is 6.09. The topological polar surface area (TPSA) is 84.6 Å². The van der Waals surface area contributed by atoms with Gasteiger partial charge in [-0.2, -0.15) is 0 Å². The molecule has 1 aliphatic heterocycles. The molecule has 0 aromatic heterocycles. The van der Waals surface area contributed by atoms with Crippen molar-refractivity contribution in [3.05, 3.63) is 28.3 Å². The fourth-order valence-electron chi connectivity index (χ4n) is 2.44. The summed E-state index contributed by atoms with van der Waals surface area (Å²) in [6.07, 6.45) is 1.83. The Hall–Kier alpha value is -1.82. The maximum atomic E-state index is 11.0. The molecule has 0 aliphatic carbocycles. The van der Waals surface area contributed by atoms with Crippen LogP contribution < -0.4 is 5.32 Å². The molecule has 2 unspecified atom stereocenters. The molecule has 1 aromatic rings. The summed E-state index contributed by atoms with van der Waals surface area (Å²) in [6.45, 7) is 4.87. The van der Waals surface area contributed by atoms with Crippen LogP contribution in [0.4, 0.5) is 11.4 Å². The van der Waals surface area contributed by atoms with Crippen molar-refractivity contribution >= 4 is 11.4 Å². The molecule has 0 bridgehead atoms. The van der Waals surface area contributed by atoms with Crippen LogP contribution in [-0.2, 0) is 4.74 Å². The molecule has 2 atom stereocenters. The van der Waals surface area contributed by atoms with Crippen LogP contribution >= 0.6 is 0 Å². The molecule has 0 saturated carbocycles. The third-order valence-electron chi connectivity index (χ3n) is 3.60. The van der Waals surface area contributed by atoms with Gasteiger partial charge in [0.25, 0.3) is 5.69 Å². The van der Waals surface area contributed by atoms with E-state index in [-0.39, 0.29) is 23.6 Å². The summed E-state index contributed by atoms with van der Waals surface area (Å²) in [5.74, 6) is 0.323. The van der Waals surface area contributed by atoms with E-state index in [1.807, 2.05) is 0 Å². The van der Waals surface area contributed by atoms with Crippen molar-refractivity contribution in [1.82, 2.24) is 0 Å². The monoisotopic (exact) mass is 280 g/mol. The highest BCUT2D eigenvalue weighted by Gasteiger charge is 2.26. The Labute approximate surface area is 117 Å². The Balaban J connectivity index is 2.11. The summed E-state index contributed by atoms with van der Waals surface area (Å²) in [6, 6.07) is 4.32. The molecule has 6 heteroatoms. The van der Waals surface area contributed by atoms with Gasteiger partial charge in [-0.15, -0.1) is 0 Å². The molecule has 110 valence electrons. The average molecular weight is 280 g/mol. The van der Waals surface area contributed by atoms with Gasteiger partial charge in [0.05, 0.1) is 17.1 Å². The number of hydrogen-bond acceptors (Lipinski definition) is 5. The number of aromatic hydroxyl groups is 1. The number of phenols is 1. The first-order valence-corrected chi connectivity index (χ1v) is 6.83. The van der Waals surface area contributed by atoms with Crippen molar-refractivity contribution in [2.75, 3.05) is 11.9 Å². The van der Waals surface area contributed by atoms with E-state index in [0.29, 0.717) is 18.2 Å². The van der Waals surface area contributed by atoms with Gasteiger partial charge in [0.15, 0.2) is 0 Å². The molecule has 6 nitrogen and oxygen atoms in total. The second-order valence-electron chi connectivity index (χ2n) is 5.48. The van der Waals surface area contributed by atoms with Crippen LogP contribution in [0.2, 0.25) is 0 Å². The van der Waals surface area contributed by atoms with Crippen molar-refractivity contribution in [3.8, 4) is 5.75 Å². The first kappa shape index (κ1) is 14.6. The highest BCUT2D eigenvalue weighted by molar-refractivity contribution is 5.64. The van der Waals surface area contributed by atoms with Crippen molar-refractivity contribution in [3.63, 3.8) is 0 Å². The van der Waals surface area contributed by atoms with E-state index in [0.717, 1.165) is 12.8 Å². The van der Waals surface area contributed by atoms with Gasteiger partial charge in [-0.3, -0.25) is 10.1 Å². The second-order valence-corrected chi connectivity index (χ2v) is 5.48. The smallest absolute Gasteiger partial charge is 0.296 e. The fraction of sp³-hybridized carbons (Fsp3) is 0.571. The van der Waals surface area contributed by atoms with Gasteiger partial charge in [0.1, 0.15) is 11.4 Å². The summed E-state index contributed by atoms with van der Waals surface area (Å²) in [7, 11) is 0. The molecule has 0 radical (unpaired) electrons. The summed E-state index contributed by atoms with van der Waals surface area (Å²) in [5.41, 5.74) is 0.347. The summed E-state index contributed by atoms with van der Waals surface area (Å²) in [5, 5.41) is 23.6. The van der Waals surface area contributed by atoms with Crippen LogP contribution in [0.3, 0.4) is 0 Å². The third kappa shape index (κ3) is 3.39. The van der Waals surface area contributed by atoms with Crippen LogP contribution in [0.5, 0.6) is 5.75 Å². The molecule has 0 spiro atoms. The number of nitrogens with one attached hydrogen (secondary N) is 1. The van der Waals surface area contributed by atoms with Crippen molar-refractivity contribution < 1.29 is 14.8 Å². The highest BCUT2D eigenvalue weighted by Crippen LogP contribution is 2.31. The predicted molar refractivity (Wildman–Crippen MR) is 76.0 cm³/mol. The lowest BCUT2D eigenvalue weighted by Gasteiger charge is -2.32. The lowest BCUT2D eigenvalue weighted by Crippen LogP contribution is -2.36. The molecule has 2 rings (SSSR count). The van der Waals surface area contributed by atoms with Crippen molar-refractivity contribution in [2.24, 2.45) is 5.92 Å². The average Bonchev–Trinajstić information content (AvgIpc) is 2.41. The molecule has 1 fully saturated rings. The molecule has 1 aromatic carbocycles. The number of nitro benzene ring substituents is 1. The molecule has 2 N–H and O–H groups in total. The zero-order valence-corrected chi connectivity index (χ0v) is 11.7. The minimum absolute atomic E-state index is 0.0995. The number of nitro groups is 1. The summed E-state index contributed by atoms with van der Waals surface area (Å²) >= 11 is 0. The predicted octanol–water partition coefficient (Wildman–Crippen LogP) is 2.92. The number of benzene rings is 1. The Morgan fingerprint density at radius 3 is 2.90 bits per heavy atom. The standard InChI is InChI=1S/C14H20N2O4/c1-9(2)14-7-10(5-6-20-14)15-12-4-3-11(17)8-13(12)16(18)19/h3-4,8-10,14-15,17H,5-7H2,1-2H3. The number of nitrogens with zero attached hydrogens (tertiary/aromatic N) is 1. The van der Waals surface area contributed by atoms with Gasteiger partial charge in [-0.05, 0) is 30.9 Å². The normalized spacial score (nSPS) is 22.8. The van der Waals surface area contributed by atoms with E-state index in [9.17, 15) is 15.2 Å². The Bertz CT molecular complexity index is 490. The Morgan fingerprint density at radius 2 is 2.25 bits per heavy atom. The van der Waals surface area contributed by atoms with Gasteiger partial charge < -0.3 is 15.2 Å². The van der Waals surface area contributed by atoms with E-state index in [1.165, 1.54) is 12.1 Å². The molecule has 0 amide bonds. The minimum Gasteiger partial charge on any atom is -0.508 e. The third-order valence-corrected chi connectivity index (χ3v) is 3.60. The van der Waals surface area contributed by atoms with Crippen molar-refractivity contribution in [2.45, 2.75) is 38.8 Å². The Morgan fingerprint density at radius 1 is 1.50 bits per heavy atom. The molecule has 1 aliphatic rings. The quantitative estimate of drug-likeness (QED) is 0.503. The highest BCUT2D eigenvalue weighted by atomic mass is 16.6. The van der Waals surface area contributed by atoms with Crippen LogP contribution in [-0.4, -0.2) is 28.8 Å². The van der Waals surface area contributed by atoms with Gasteiger partial charge in [0, 0.05) is 12.6 Å². The molecule has 1 saturated heterocycles. The van der Waals surface area contributed by atoms with Crippen LogP contribution in [0.25, 0.3) is 0 Å². The first-order chi connectivity index (χ1) is 9.47. The maximum absolute atomic E-state index is 11.0. The van der Waals surface area contributed by atoms with E-state index in [2.05, 4.69) is 19.2 Å². The number of anilines is 1. The number of hydrogen-bond donors (Lipinski definition) is 2. The van der Waals surface area contributed by atoms with Gasteiger partial charge >= 0.3 is 0 Å². The lowest BCUT2D eigenvalue weighted by atomic mass is 9.95. The number of ether oxygens (including phenoxy) is 1. The van der Waals surface area contributed by atoms with E-state index in [1.54, 1.807) is 6.07 Å². The molecule has 1 heterocycles. The van der Waals surface area contributed by atoms with E-state index < -0.39 is 4.92 Å². The number of phenolic OH excluding ortho intramolecular Hbond substituents is 1. The number of rotatable bonds is 4. The van der Waals surface area contributed by atoms with Crippen LogP contribution in [0, 0.1) is 16.0 Å². The van der Waals surface area contributed by atoms with Crippen molar-refractivity contribution in [1.29, 1.82) is 0 Å². The fourth-order valence-corrected chi connectivity index (χ4v) is 2.44. The Kier molecular flexibility index (Phi) is 4.44. The van der Waals surface area contributed by atoms with E-state index >= 15 is 0 Å². The lowest BCUT2D eigenvalue weighted by molar-refractivity contribution is -0.384. The molecular formula is C14H20N2O4. The van der Waals surface area contributed by atoms with E-state index in [4.69, 9.17) is 4.74 Å². The molecule has 20 heavy (non-hydrogen) atoms. The van der Waals surface area contributed by atoms with Crippen LogP contribution in [0.1, 0.15) is 26.7 Å². The minimum atomic E-state index is -0.485. The first-order valence-electron chi connectivity index (χ1n) is 6.83. The SMILES string of the molecule is CC(C)C1CC(Nc2ccc(O)cc2[N+](=O)[O-])CCO1. The summed E-state index contributed by atoms with van der Waals surface area (Å²) in [4.78, 5) is 10.5. The largest absolute Gasteiger partial charge is 0.508 e. The molecular weight excluding hydrogens is 260 g/mol. The van der Waals surface area contributed by atoms with Gasteiger partial charge in [-0.1, -0.05) is 13.8 Å². The summed E-state index contributed by atoms with van der Waals surface area (Å²) < 4.78 is 5.69. The van der Waals surface area contributed by atoms with Gasteiger partial charge in [0.2, 0.25) is 0 Å². The zero-order valence-electron chi connectivity index (χ0n) is 11.7. The zero-order chi connectivity index (χ0) is 14.7.